The van der Waals surface area contributed by atoms with Crippen molar-refractivity contribution in [3.63, 3.8) is 0 Å². The summed E-state index contributed by atoms with van der Waals surface area (Å²) in [6, 6.07) is 0.318. The van der Waals surface area contributed by atoms with Crippen LogP contribution in [-0.4, -0.2) is 41.1 Å². The first-order chi connectivity index (χ1) is 8.29. The van der Waals surface area contributed by atoms with Gasteiger partial charge in [-0.15, -0.1) is 10.2 Å². The van der Waals surface area contributed by atoms with E-state index in [0.29, 0.717) is 6.04 Å². The number of carbonyl (C=O) groups excluding carboxylic acids is 1. The van der Waals surface area contributed by atoms with E-state index in [2.05, 4.69) is 15.5 Å². The molecule has 0 saturated heterocycles. The predicted octanol–water partition coefficient (Wildman–Crippen LogP) is 1.31. The Hall–Kier alpha value is -0.660. The molecule has 1 aliphatic rings. The zero-order valence-electron chi connectivity index (χ0n) is 9.59. The molecule has 17 heavy (non-hydrogen) atoms. The minimum absolute atomic E-state index is 0.172. The summed E-state index contributed by atoms with van der Waals surface area (Å²) < 4.78 is 5.74. The molecule has 0 aromatic carbocycles. The van der Waals surface area contributed by atoms with Crippen molar-refractivity contribution in [1.82, 2.24) is 15.5 Å². The molecule has 0 spiro atoms. The molecule has 94 valence electrons. The molecule has 1 unspecified atom stereocenters. The average molecular weight is 273 g/mol. The van der Waals surface area contributed by atoms with Crippen molar-refractivity contribution in [2.24, 2.45) is 0 Å². The Labute approximate surface area is 108 Å². The number of thioether (sulfide) groups is 1. The lowest BCUT2D eigenvalue weighted by Crippen LogP contribution is -2.39. The summed E-state index contributed by atoms with van der Waals surface area (Å²) in [5, 5.41) is 11.0. The number of hydrogen-bond donors (Lipinski definition) is 1. The minimum atomic E-state index is -0.187. The van der Waals surface area contributed by atoms with Crippen LogP contribution in [0.5, 0.6) is 0 Å². The van der Waals surface area contributed by atoms with Gasteiger partial charge in [-0.25, -0.2) is 0 Å². The highest BCUT2D eigenvalue weighted by Crippen LogP contribution is 2.23. The molecule has 1 atom stereocenters. The zero-order chi connectivity index (χ0) is 12.1. The second-order valence-corrected chi connectivity index (χ2v) is 6.03. The van der Waals surface area contributed by atoms with Crippen LogP contribution in [0.1, 0.15) is 19.3 Å². The summed E-state index contributed by atoms with van der Waals surface area (Å²) in [6.45, 7) is 0. The molecule has 2 rings (SSSR count). The van der Waals surface area contributed by atoms with Crippen LogP contribution in [0.15, 0.2) is 9.85 Å². The Morgan fingerprint density at radius 1 is 1.76 bits per heavy atom. The van der Waals surface area contributed by atoms with Crippen molar-refractivity contribution in [3.05, 3.63) is 5.51 Å². The van der Waals surface area contributed by atoms with E-state index in [4.69, 9.17) is 4.74 Å². The molecule has 1 aromatic heterocycles. The third-order valence-electron chi connectivity index (χ3n) is 2.47. The molecule has 0 amide bonds. The molecule has 1 aliphatic carbocycles. The van der Waals surface area contributed by atoms with E-state index < -0.39 is 0 Å². The van der Waals surface area contributed by atoms with Crippen LogP contribution in [0, 0.1) is 0 Å². The van der Waals surface area contributed by atoms with Gasteiger partial charge in [-0.1, -0.05) is 23.1 Å². The number of nitrogens with zero attached hydrogens (tertiary/aromatic N) is 2. The first kappa shape index (κ1) is 12.8. The molecule has 0 radical (unpaired) electrons. The highest BCUT2D eigenvalue weighted by molar-refractivity contribution is 8.00. The fourth-order valence-corrected chi connectivity index (χ4v) is 3.00. The van der Waals surface area contributed by atoms with E-state index >= 15 is 0 Å². The highest BCUT2D eigenvalue weighted by atomic mass is 32.2. The number of esters is 1. The highest BCUT2D eigenvalue weighted by Gasteiger charge is 2.28. The van der Waals surface area contributed by atoms with Gasteiger partial charge in [-0.2, -0.15) is 0 Å². The summed E-state index contributed by atoms with van der Waals surface area (Å²) in [6.07, 6.45) is 3.08. The second-order valence-electron chi connectivity index (χ2n) is 3.86. The largest absolute Gasteiger partial charge is 0.468 e. The quantitative estimate of drug-likeness (QED) is 0.597. The summed E-state index contributed by atoms with van der Waals surface area (Å²) in [5.74, 6) is 0.670. The first-order valence-corrected chi connectivity index (χ1v) is 7.39. The van der Waals surface area contributed by atoms with Crippen LogP contribution in [-0.2, 0) is 9.53 Å². The lowest BCUT2D eigenvalue weighted by atomic mass is 10.2. The Balaban J connectivity index is 1.74. The van der Waals surface area contributed by atoms with Crippen LogP contribution >= 0.6 is 23.1 Å². The Kier molecular flexibility index (Phi) is 4.75. The zero-order valence-corrected chi connectivity index (χ0v) is 11.2. The molecule has 1 fully saturated rings. The lowest BCUT2D eigenvalue weighted by molar-refractivity contribution is -0.143. The number of aromatic nitrogens is 2. The third kappa shape index (κ3) is 4.25. The second kappa shape index (κ2) is 6.32. The average Bonchev–Trinajstić information content (AvgIpc) is 3.01. The van der Waals surface area contributed by atoms with Crippen molar-refractivity contribution < 1.29 is 9.53 Å². The standard InChI is InChI=1S/C10H15N3O2S2/c1-15-9(14)8(12-7-2-3-7)4-5-16-10-13-11-6-17-10/h6-8,12H,2-5H2,1H3. The van der Waals surface area contributed by atoms with E-state index in [9.17, 15) is 4.79 Å². The number of methoxy groups -OCH3 is 1. The summed E-state index contributed by atoms with van der Waals surface area (Å²) in [5.41, 5.74) is 1.71. The lowest BCUT2D eigenvalue weighted by Gasteiger charge is -2.15. The predicted molar refractivity (Wildman–Crippen MR) is 67.2 cm³/mol. The Morgan fingerprint density at radius 3 is 3.18 bits per heavy atom. The van der Waals surface area contributed by atoms with E-state index in [-0.39, 0.29) is 12.0 Å². The van der Waals surface area contributed by atoms with Gasteiger partial charge in [0.05, 0.1) is 7.11 Å². The van der Waals surface area contributed by atoms with Crippen LogP contribution in [0.4, 0.5) is 0 Å². The molecular weight excluding hydrogens is 258 g/mol. The molecule has 5 nitrogen and oxygen atoms in total. The maximum absolute atomic E-state index is 11.5. The molecule has 0 bridgehead atoms. The van der Waals surface area contributed by atoms with Crippen molar-refractivity contribution in [3.8, 4) is 0 Å². The van der Waals surface area contributed by atoms with E-state index in [1.165, 1.54) is 18.4 Å². The monoisotopic (exact) mass is 273 g/mol. The minimum Gasteiger partial charge on any atom is -0.468 e. The van der Waals surface area contributed by atoms with Crippen LogP contribution in [0.25, 0.3) is 0 Å². The molecule has 1 saturated carbocycles. The topological polar surface area (TPSA) is 64.1 Å². The number of carbonyl (C=O) groups is 1. The number of ether oxygens (including phenoxy) is 1. The van der Waals surface area contributed by atoms with Crippen molar-refractivity contribution in [2.75, 3.05) is 12.9 Å². The van der Waals surface area contributed by atoms with Crippen LogP contribution in [0.2, 0.25) is 0 Å². The van der Waals surface area contributed by atoms with E-state index in [1.54, 1.807) is 17.3 Å². The maximum Gasteiger partial charge on any atom is 0.322 e. The molecule has 7 heteroatoms. The van der Waals surface area contributed by atoms with Gasteiger partial charge in [0.1, 0.15) is 11.6 Å². The number of rotatable bonds is 7. The van der Waals surface area contributed by atoms with Gasteiger partial charge in [0.25, 0.3) is 0 Å². The first-order valence-electron chi connectivity index (χ1n) is 5.52. The van der Waals surface area contributed by atoms with E-state index in [1.807, 2.05) is 0 Å². The summed E-state index contributed by atoms with van der Waals surface area (Å²) >= 11 is 3.15. The van der Waals surface area contributed by atoms with Gasteiger partial charge in [-0.3, -0.25) is 4.79 Å². The number of hydrogen-bond acceptors (Lipinski definition) is 7. The molecule has 1 heterocycles. The molecule has 0 aliphatic heterocycles. The SMILES string of the molecule is COC(=O)C(CCSc1nncs1)NC1CC1. The van der Waals surface area contributed by atoms with Gasteiger partial charge in [0.15, 0.2) is 4.34 Å². The third-order valence-corrected chi connectivity index (χ3v) is 4.37. The van der Waals surface area contributed by atoms with Gasteiger partial charge in [-0.05, 0) is 19.3 Å². The van der Waals surface area contributed by atoms with Crippen LogP contribution in [0.3, 0.4) is 0 Å². The van der Waals surface area contributed by atoms with Crippen molar-refractivity contribution in [1.29, 1.82) is 0 Å². The van der Waals surface area contributed by atoms with Crippen LogP contribution < -0.4 is 5.32 Å². The fourth-order valence-electron chi connectivity index (χ4n) is 1.44. The fraction of sp³-hybridized carbons (Fsp3) is 0.700. The number of nitrogens with one attached hydrogen (secondary N) is 1. The Morgan fingerprint density at radius 2 is 2.59 bits per heavy atom. The Bertz CT molecular complexity index is 354. The van der Waals surface area contributed by atoms with E-state index in [0.717, 1.165) is 29.4 Å². The summed E-state index contributed by atoms with van der Waals surface area (Å²) in [7, 11) is 1.43. The van der Waals surface area contributed by atoms with Crippen molar-refractivity contribution in [2.45, 2.75) is 35.7 Å². The smallest absolute Gasteiger partial charge is 0.322 e. The van der Waals surface area contributed by atoms with Gasteiger partial charge < -0.3 is 10.1 Å². The molecular formula is C10H15N3O2S2. The maximum atomic E-state index is 11.5. The van der Waals surface area contributed by atoms with Gasteiger partial charge in [0.2, 0.25) is 0 Å². The summed E-state index contributed by atoms with van der Waals surface area (Å²) in [4.78, 5) is 11.5. The van der Waals surface area contributed by atoms with Gasteiger partial charge in [0, 0.05) is 11.8 Å². The normalized spacial score (nSPS) is 16.8. The van der Waals surface area contributed by atoms with Gasteiger partial charge >= 0.3 is 5.97 Å². The molecule has 1 N–H and O–H groups in total. The molecule has 1 aromatic rings. The van der Waals surface area contributed by atoms with Crippen molar-refractivity contribution >= 4 is 29.1 Å².